The number of anilines is 1. The van der Waals surface area contributed by atoms with Crippen molar-refractivity contribution < 1.29 is 10.1 Å². The smallest absolute Gasteiger partial charge is 0.199 e. The number of aromatic nitrogens is 2. The summed E-state index contributed by atoms with van der Waals surface area (Å²) in [6.45, 7) is 2.08. The van der Waals surface area contributed by atoms with Crippen molar-refractivity contribution in [2.75, 3.05) is 32.6 Å². The number of hydrogen-bond donors (Lipinski definition) is 2. The van der Waals surface area contributed by atoms with Crippen LogP contribution in [0.15, 0.2) is 6.20 Å². The van der Waals surface area contributed by atoms with Crippen molar-refractivity contribution in [3.05, 3.63) is 11.9 Å². The lowest BCUT2D eigenvalue weighted by Crippen LogP contribution is -3.08. The first-order valence-corrected chi connectivity index (χ1v) is 6.41. The lowest BCUT2D eigenvalue weighted by molar-refractivity contribution is -0.799. The van der Waals surface area contributed by atoms with Gasteiger partial charge in [-0.3, -0.25) is 0 Å². The van der Waals surface area contributed by atoms with E-state index in [-0.39, 0.29) is 12.1 Å². The maximum Gasteiger partial charge on any atom is 0.199 e. The summed E-state index contributed by atoms with van der Waals surface area (Å²) >= 11 is 0. The van der Waals surface area contributed by atoms with E-state index in [0.29, 0.717) is 5.82 Å². The summed E-state index contributed by atoms with van der Waals surface area (Å²) < 4.78 is 1.86. The molecule has 0 spiro atoms. The van der Waals surface area contributed by atoms with Crippen LogP contribution in [0.5, 0.6) is 6.01 Å². The minimum atomic E-state index is -0.124. The molecule has 1 unspecified atom stereocenters. The molecule has 0 aliphatic carbocycles. The van der Waals surface area contributed by atoms with Crippen LogP contribution in [0.25, 0.3) is 6.08 Å². The van der Waals surface area contributed by atoms with Crippen LogP contribution in [0.3, 0.4) is 0 Å². The monoisotopic (exact) mass is 249 g/mol. The number of nitrogens with zero attached hydrogens (tertiary/aromatic N) is 3. The number of quaternary nitrogens is 1. The molecule has 0 radical (unpaired) electrons. The number of rotatable bonds is 1. The highest BCUT2D eigenvalue weighted by Crippen LogP contribution is 2.31. The van der Waals surface area contributed by atoms with Gasteiger partial charge in [-0.05, 0) is 33.0 Å². The molecule has 1 aromatic rings. The van der Waals surface area contributed by atoms with E-state index in [1.165, 1.54) is 0 Å². The Morgan fingerprint density at radius 1 is 1.44 bits per heavy atom. The van der Waals surface area contributed by atoms with Gasteiger partial charge < -0.3 is 14.6 Å². The predicted molar refractivity (Wildman–Crippen MR) is 67.0 cm³/mol. The highest BCUT2D eigenvalue weighted by molar-refractivity contribution is 5.61. The molecular weight excluding hydrogens is 230 g/mol. The standard InChI is InChI=1S/C12H19N5O/c1-15-6-3-9(4-7-15)17-10-5-8-16(2)14-11(10)13-12(17)18/h5,8-9,14H,3-4,6-7H2,1-2H3,(H,13,18). The first-order valence-electron chi connectivity index (χ1n) is 6.41. The van der Waals surface area contributed by atoms with E-state index in [4.69, 9.17) is 0 Å². The molecule has 2 aliphatic rings. The van der Waals surface area contributed by atoms with Crippen molar-refractivity contribution in [3.63, 3.8) is 0 Å². The van der Waals surface area contributed by atoms with Crippen molar-refractivity contribution in [1.29, 1.82) is 0 Å². The van der Waals surface area contributed by atoms with Crippen molar-refractivity contribution in [3.8, 4) is 6.01 Å². The van der Waals surface area contributed by atoms with Crippen LogP contribution in [0.4, 0.5) is 5.82 Å². The molecule has 6 nitrogen and oxygen atoms in total. The second-order valence-electron chi connectivity index (χ2n) is 5.17. The fourth-order valence-electron chi connectivity index (χ4n) is 2.71. The van der Waals surface area contributed by atoms with Gasteiger partial charge in [-0.1, -0.05) is 0 Å². The summed E-state index contributed by atoms with van der Waals surface area (Å²) in [6.07, 6.45) is 6.03. The lowest BCUT2D eigenvalue weighted by atomic mass is 10.1. The van der Waals surface area contributed by atoms with Gasteiger partial charge in [0.1, 0.15) is 6.20 Å². The van der Waals surface area contributed by atoms with Gasteiger partial charge in [0.15, 0.2) is 5.82 Å². The predicted octanol–water partition coefficient (Wildman–Crippen LogP) is -0.951. The van der Waals surface area contributed by atoms with E-state index < -0.39 is 0 Å². The van der Waals surface area contributed by atoms with Crippen LogP contribution < -0.4 is 15.5 Å². The van der Waals surface area contributed by atoms with E-state index >= 15 is 0 Å². The molecule has 0 bridgehead atoms. The van der Waals surface area contributed by atoms with Crippen molar-refractivity contribution in [2.45, 2.75) is 18.9 Å². The Morgan fingerprint density at radius 2 is 2.17 bits per heavy atom. The maximum atomic E-state index is 12.0. The Balaban J connectivity index is 1.92. The number of imidazole rings is 1. The topological polar surface area (TPSA) is 60.6 Å². The fraction of sp³-hybridized carbons (Fsp3) is 0.583. The molecule has 2 N–H and O–H groups in total. The molecule has 1 saturated heterocycles. The van der Waals surface area contributed by atoms with Crippen LogP contribution >= 0.6 is 0 Å². The van der Waals surface area contributed by atoms with Crippen LogP contribution in [-0.4, -0.2) is 41.6 Å². The largest absolute Gasteiger partial charge is 0.846 e. The van der Waals surface area contributed by atoms with Crippen molar-refractivity contribution in [1.82, 2.24) is 14.5 Å². The van der Waals surface area contributed by atoms with E-state index in [2.05, 4.69) is 22.4 Å². The Morgan fingerprint density at radius 3 is 2.89 bits per heavy atom. The molecule has 1 fully saturated rings. The van der Waals surface area contributed by atoms with Gasteiger partial charge in [-0.2, -0.15) is 0 Å². The molecule has 0 amide bonds. The number of likely N-dealkylation sites (tertiary alicyclic amines) is 1. The van der Waals surface area contributed by atoms with E-state index in [9.17, 15) is 5.11 Å². The van der Waals surface area contributed by atoms with Crippen molar-refractivity contribution >= 4 is 11.9 Å². The fourth-order valence-corrected chi connectivity index (χ4v) is 2.71. The zero-order chi connectivity index (χ0) is 12.7. The second-order valence-corrected chi connectivity index (χ2v) is 5.17. The Labute approximate surface area is 106 Å². The molecule has 0 aromatic carbocycles. The molecule has 2 aliphatic heterocycles. The molecule has 18 heavy (non-hydrogen) atoms. The van der Waals surface area contributed by atoms with Crippen LogP contribution in [0.1, 0.15) is 24.6 Å². The minimum Gasteiger partial charge on any atom is -0.846 e. The van der Waals surface area contributed by atoms with Crippen LogP contribution in [0.2, 0.25) is 0 Å². The number of piperidine rings is 1. The Bertz CT molecular complexity index is 473. The van der Waals surface area contributed by atoms with Gasteiger partial charge in [0.05, 0.1) is 18.8 Å². The molecule has 98 valence electrons. The Kier molecular flexibility index (Phi) is 2.76. The van der Waals surface area contributed by atoms with Gasteiger partial charge in [0, 0.05) is 12.1 Å². The molecule has 0 saturated carbocycles. The van der Waals surface area contributed by atoms with Gasteiger partial charge >= 0.3 is 0 Å². The third kappa shape index (κ3) is 1.87. The van der Waals surface area contributed by atoms with Crippen LogP contribution in [-0.2, 0) is 0 Å². The summed E-state index contributed by atoms with van der Waals surface area (Å²) in [7, 11) is 4.09. The quantitative estimate of drug-likeness (QED) is 0.674. The van der Waals surface area contributed by atoms with Gasteiger partial charge in [0.25, 0.3) is 0 Å². The van der Waals surface area contributed by atoms with Gasteiger partial charge in [-0.25, -0.2) is 15.4 Å². The first kappa shape index (κ1) is 11.6. The molecule has 6 heteroatoms. The Hall–Kier alpha value is -1.53. The zero-order valence-electron chi connectivity index (χ0n) is 10.8. The van der Waals surface area contributed by atoms with Crippen molar-refractivity contribution in [2.24, 2.45) is 0 Å². The summed E-state index contributed by atoms with van der Waals surface area (Å²) in [5.74, 6) is 0.707. The highest BCUT2D eigenvalue weighted by Gasteiger charge is 2.25. The van der Waals surface area contributed by atoms with Crippen LogP contribution in [0, 0.1) is 0 Å². The average Bonchev–Trinajstić information content (AvgIpc) is 2.65. The summed E-state index contributed by atoms with van der Waals surface area (Å²) in [4.78, 5) is 6.41. The summed E-state index contributed by atoms with van der Waals surface area (Å²) in [6, 6.07) is 0.163. The lowest BCUT2D eigenvalue weighted by Gasteiger charge is -2.32. The molecule has 1 atom stereocenters. The molecular formula is C12H19N5O. The average molecular weight is 249 g/mol. The minimum absolute atomic E-state index is 0.124. The van der Waals surface area contributed by atoms with E-state index in [1.807, 2.05) is 23.9 Å². The number of fused-ring (bicyclic) bond motifs is 1. The maximum absolute atomic E-state index is 12.0. The third-order valence-electron chi connectivity index (χ3n) is 3.78. The first-order chi connectivity index (χ1) is 8.65. The van der Waals surface area contributed by atoms with Gasteiger partial charge in [0.2, 0.25) is 0 Å². The zero-order valence-corrected chi connectivity index (χ0v) is 10.8. The highest BCUT2D eigenvalue weighted by atomic mass is 16.3. The molecule has 1 aromatic heterocycles. The molecule has 3 heterocycles. The second kappa shape index (κ2) is 4.29. The number of hydrogen-bond acceptors (Lipinski definition) is 4. The van der Waals surface area contributed by atoms with Gasteiger partial charge in [-0.15, -0.1) is 0 Å². The molecule has 3 rings (SSSR count). The van der Waals surface area contributed by atoms with E-state index in [1.54, 1.807) is 0 Å². The summed E-state index contributed by atoms with van der Waals surface area (Å²) in [5, 5.41) is 13.1. The SMILES string of the molecule is CN1CCC(n2c([O-])nc3c2C=C[NH+](C)N3)CC1. The van der Waals surface area contributed by atoms with E-state index in [0.717, 1.165) is 36.6 Å². The normalized spacial score (nSPS) is 24.9. The number of nitrogens with one attached hydrogen (secondary N) is 2. The summed E-state index contributed by atoms with van der Waals surface area (Å²) in [5.41, 5.74) is 4.09. The third-order valence-corrected chi connectivity index (χ3v) is 3.78.